The average molecular weight is 601 g/mol. The summed E-state index contributed by atoms with van der Waals surface area (Å²) in [7, 11) is 1.97. The fourth-order valence-electron chi connectivity index (χ4n) is 3.13. The molecule has 3 aromatic rings. The summed E-state index contributed by atoms with van der Waals surface area (Å²) in [6.07, 6.45) is -1.46. The zero-order valence-corrected chi connectivity index (χ0v) is 21.1. The highest BCUT2D eigenvalue weighted by atomic mass is 79.9. The van der Waals surface area contributed by atoms with Gasteiger partial charge in [-0.2, -0.15) is 13.2 Å². The number of hydrogen-bond acceptors (Lipinski definition) is 7. The van der Waals surface area contributed by atoms with Crippen LogP contribution in [0.3, 0.4) is 0 Å². The molecule has 0 aliphatic rings. The number of para-hydroxylation sites is 2. The molecule has 14 heteroatoms. The maximum atomic E-state index is 14.8. The Labute approximate surface area is 220 Å². The Kier molecular flexibility index (Phi) is 8.64. The number of nitrogens with zero attached hydrogens (tertiary/aromatic N) is 2. The monoisotopic (exact) mass is 600 g/mol. The van der Waals surface area contributed by atoms with Gasteiger partial charge in [0.05, 0.1) is 10.2 Å². The Hall–Kier alpha value is -4.09. The molecule has 0 spiro atoms. The van der Waals surface area contributed by atoms with E-state index in [0.717, 1.165) is 19.2 Å². The van der Waals surface area contributed by atoms with Crippen molar-refractivity contribution in [3.63, 3.8) is 0 Å². The van der Waals surface area contributed by atoms with Gasteiger partial charge in [-0.05, 0) is 34.1 Å². The number of halogens is 5. The highest BCUT2D eigenvalue weighted by molar-refractivity contribution is 9.10. The summed E-state index contributed by atoms with van der Waals surface area (Å²) in [6, 6.07) is 7.86. The molecule has 0 radical (unpaired) electrons. The summed E-state index contributed by atoms with van der Waals surface area (Å²) in [5.74, 6) is -0.128. The molecule has 0 fully saturated rings. The van der Waals surface area contributed by atoms with Crippen molar-refractivity contribution in [1.29, 1.82) is 0 Å². The van der Waals surface area contributed by atoms with Gasteiger partial charge >= 0.3 is 17.8 Å². The highest BCUT2D eigenvalue weighted by Gasteiger charge is 2.35. The second-order valence-corrected chi connectivity index (χ2v) is 8.18. The normalized spacial score (nSPS) is 11.9. The SMILES string of the molecule is C#CCOC(=O)[C@H](OC)Oc1ccccc1Oc1cc(-n2c(=O)cc(C(F)(F)F)n(C)c2=O)c(F)cc1Br. The van der Waals surface area contributed by atoms with E-state index >= 15 is 0 Å². The second-order valence-electron chi connectivity index (χ2n) is 7.32. The third kappa shape index (κ3) is 6.06. The number of carbonyl (C=O) groups is 1. The van der Waals surface area contributed by atoms with Crippen LogP contribution in [0.15, 0.2) is 56.5 Å². The van der Waals surface area contributed by atoms with E-state index in [0.29, 0.717) is 0 Å². The lowest BCUT2D eigenvalue weighted by molar-refractivity contribution is -0.171. The molecule has 1 aromatic heterocycles. The number of methoxy groups -OCH3 is 1. The van der Waals surface area contributed by atoms with Crippen LogP contribution in [-0.4, -0.2) is 35.1 Å². The van der Waals surface area contributed by atoms with Crippen LogP contribution >= 0.6 is 15.9 Å². The van der Waals surface area contributed by atoms with Crippen LogP contribution in [0, 0.1) is 18.2 Å². The van der Waals surface area contributed by atoms with Gasteiger partial charge in [-0.25, -0.2) is 18.5 Å². The summed E-state index contributed by atoms with van der Waals surface area (Å²) < 4.78 is 75.8. The third-order valence-electron chi connectivity index (χ3n) is 4.86. The van der Waals surface area contributed by atoms with Crippen molar-refractivity contribution in [1.82, 2.24) is 9.13 Å². The predicted octanol–water partition coefficient (Wildman–Crippen LogP) is 3.78. The van der Waals surface area contributed by atoms with Crippen molar-refractivity contribution >= 4 is 21.9 Å². The number of hydrogen-bond donors (Lipinski definition) is 0. The van der Waals surface area contributed by atoms with Gasteiger partial charge in [0.1, 0.15) is 17.3 Å². The molecule has 3 rings (SSSR count). The highest BCUT2D eigenvalue weighted by Crippen LogP contribution is 2.37. The van der Waals surface area contributed by atoms with E-state index in [9.17, 15) is 31.9 Å². The van der Waals surface area contributed by atoms with Gasteiger partial charge in [0, 0.05) is 26.3 Å². The summed E-state index contributed by atoms with van der Waals surface area (Å²) in [6.45, 7) is -0.325. The van der Waals surface area contributed by atoms with E-state index in [1.165, 1.54) is 31.4 Å². The van der Waals surface area contributed by atoms with Crippen molar-refractivity contribution in [3.05, 3.63) is 79.3 Å². The van der Waals surface area contributed by atoms with E-state index < -0.39 is 46.9 Å². The largest absolute Gasteiger partial charge is 0.452 e. The number of esters is 1. The van der Waals surface area contributed by atoms with Crippen molar-refractivity contribution < 1.29 is 41.3 Å². The van der Waals surface area contributed by atoms with Crippen LogP contribution in [0.4, 0.5) is 17.6 Å². The first kappa shape index (κ1) is 28.5. The number of terminal acetylenes is 1. The molecule has 0 saturated carbocycles. The summed E-state index contributed by atoms with van der Waals surface area (Å²) >= 11 is 3.10. The minimum atomic E-state index is -4.99. The molecule has 0 aliphatic carbocycles. The van der Waals surface area contributed by atoms with Crippen molar-refractivity contribution in [2.45, 2.75) is 12.5 Å². The molecule has 0 saturated heterocycles. The molecule has 9 nitrogen and oxygen atoms in total. The Balaban J connectivity index is 2.04. The molecule has 1 heterocycles. The van der Waals surface area contributed by atoms with Gasteiger partial charge in [0.2, 0.25) is 0 Å². The van der Waals surface area contributed by atoms with Gasteiger partial charge in [-0.3, -0.25) is 9.36 Å². The fraction of sp³-hybridized carbons (Fsp3) is 0.208. The zero-order valence-electron chi connectivity index (χ0n) is 19.5. The smallest absolute Gasteiger partial charge is 0.431 e. The molecule has 38 heavy (non-hydrogen) atoms. The van der Waals surface area contributed by atoms with Gasteiger partial charge in [0.15, 0.2) is 18.1 Å². The van der Waals surface area contributed by atoms with Gasteiger partial charge in [0.25, 0.3) is 11.8 Å². The molecular weight excluding hydrogens is 584 g/mol. The molecule has 0 N–H and O–H groups in total. The van der Waals surface area contributed by atoms with Gasteiger partial charge < -0.3 is 18.9 Å². The quantitative estimate of drug-likeness (QED) is 0.168. The molecule has 2 aromatic carbocycles. The van der Waals surface area contributed by atoms with Gasteiger partial charge in [-0.1, -0.05) is 18.1 Å². The fourth-order valence-corrected chi connectivity index (χ4v) is 3.52. The first-order chi connectivity index (χ1) is 17.9. The van der Waals surface area contributed by atoms with Crippen LogP contribution in [0.25, 0.3) is 5.69 Å². The van der Waals surface area contributed by atoms with E-state index in [1.54, 1.807) is 0 Å². The average Bonchev–Trinajstić information content (AvgIpc) is 2.86. The van der Waals surface area contributed by atoms with Crippen LogP contribution in [0.1, 0.15) is 5.69 Å². The lowest BCUT2D eigenvalue weighted by Crippen LogP contribution is -2.41. The molecule has 1 atom stereocenters. The maximum Gasteiger partial charge on any atom is 0.431 e. The number of aromatic nitrogens is 2. The predicted molar refractivity (Wildman–Crippen MR) is 128 cm³/mol. The minimum absolute atomic E-state index is 0.0158. The number of rotatable bonds is 8. The molecule has 200 valence electrons. The van der Waals surface area contributed by atoms with Crippen LogP contribution in [0.2, 0.25) is 0 Å². The maximum absolute atomic E-state index is 14.8. The Morgan fingerprint density at radius 3 is 2.39 bits per heavy atom. The lowest BCUT2D eigenvalue weighted by Gasteiger charge is -2.19. The first-order valence-corrected chi connectivity index (χ1v) is 11.1. The Bertz CT molecular complexity index is 1530. The van der Waals surface area contributed by atoms with E-state index in [1.807, 2.05) is 0 Å². The van der Waals surface area contributed by atoms with E-state index in [4.69, 9.17) is 25.4 Å². The summed E-state index contributed by atoms with van der Waals surface area (Å²) in [4.78, 5) is 37.2. The lowest BCUT2D eigenvalue weighted by atomic mass is 10.2. The van der Waals surface area contributed by atoms with Crippen molar-refractivity contribution in [2.24, 2.45) is 7.05 Å². The Morgan fingerprint density at radius 1 is 1.13 bits per heavy atom. The van der Waals surface area contributed by atoms with Gasteiger partial charge in [-0.15, -0.1) is 6.42 Å². The van der Waals surface area contributed by atoms with Crippen molar-refractivity contribution in [3.8, 4) is 35.3 Å². The number of carbonyl (C=O) groups excluding carboxylic acids is 1. The Morgan fingerprint density at radius 2 is 1.79 bits per heavy atom. The van der Waals surface area contributed by atoms with Crippen LogP contribution in [0.5, 0.6) is 17.2 Å². The minimum Gasteiger partial charge on any atom is -0.452 e. The van der Waals surface area contributed by atoms with E-state index in [-0.39, 0.29) is 43.5 Å². The number of benzene rings is 2. The van der Waals surface area contributed by atoms with E-state index in [2.05, 4.69) is 21.9 Å². The standard InChI is InChI=1S/C24H17BrF4N2O7/c1-4-9-36-21(33)22(35-3)38-17-8-6-5-7-16(17)37-18-11-15(14(26)10-13(18)25)31-20(32)12-19(24(27,28)29)30(2)23(31)34/h1,5-8,10-12,22H,9H2,2-3H3/t22-/m1/s1. The second kappa shape index (κ2) is 11.5. The molecule has 0 bridgehead atoms. The number of ether oxygens (including phenoxy) is 4. The molecular formula is C24H17BrF4N2O7. The molecule has 0 amide bonds. The topological polar surface area (TPSA) is 98.0 Å². The first-order valence-electron chi connectivity index (χ1n) is 10.3. The van der Waals surface area contributed by atoms with Crippen LogP contribution in [-0.2, 0) is 27.5 Å². The summed E-state index contributed by atoms with van der Waals surface area (Å²) in [5, 5.41) is 0. The number of alkyl halides is 3. The molecule has 0 unspecified atom stereocenters. The van der Waals surface area contributed by atoms with Crippen LogP contribution < -0.4 is 20.7 Å². The van der Waals surface area contributed by atoms with Crippen molar-refractivity contribution in [2.75, 3.05) is 13.7 Å². The zero-order chi connectivity index (χ0) is 28.2. The summed E-state index contributed by atoms with van der Waals surface area (Å²) in [5.41, 5.74) is -5.02. The molecule has 0 aliphatic heterocycles. The third-order valence-corrected chi connectivity index (χ3v) is 5.48.